The SMILES string of the molecule is Cc1cccc(C)c1C1CCCN1C(=O)Nc1ccc2ccc(=O)n(C)c2c1. The lowest BCUT2D eigenvalue weighted by Crippen LogP contribution is -2.35. The maximum atomic E-state index is 13.1. The lowest BCUT2D eigenvalue weighted by atomic mass is 9.94. The van der Waals surface area contributed by atoms with Gasteiger partial charge in [-0.25, -0.2) is 4.79 Å². The van der Waals surface area contributed by atoms with Gasteiger partial charge in [0.15, 0.2) is 0 Å². The number of pyridine rings is 1. The van der Waals surface area contributed by atoms with Crippen molar-refractivity contribution in [2.24, 2.45) is 7.05 Å². The molecule has 0 aliphatic carbocycles. The number of fused-ring (bicyclic) bond motifs is 1. The van der Waals surface area contributed by atoms with Crippen LogP contribution < -0.4 is 10.9 Å². The van der Waals surface area contributed by atoms with E-state index in [2.05, 4.69) is 37.4 Å². The van der Waals surface area contributed by atoms with Crippen molar-refractivity contribution in [3.8, 4) is 0 Å². The van der Waals surface area contributed by atoms with Crippen molar-refractivity contribution >= 4 is 22.6 Å². The Hall–Kier alpha value is -3.08. The predicted octanol–water partition coefficient (Wildman–Crippen LogP) is 4.52. The van der Waals surface area contributed by atoms with Crippen LogP contribution in [-0.2, 0) is 7.05 Å². The molecule has 2 heterocycles. The van der Waals surface area contributed by atoms with Gasteiger partial charge in [-0.05, 0) is 67.0 Å². The molecule has 2 aromatic carbocycles. The van der Waals surface area contributed by atoms with Crippen LogP contribution in [0.3, 0.4) is 0 Å². The number of urea groups is 1. The summed E-state index contributed by atoms with van der Waals surface area (Å²) < 4.78 is 1.60. The largest absolute Gasteiger partial charge is 0.322 e. The van der Waals surface area contributed by atoms with Gasteiger partial charge in [-0.2, -0.15) is 0 Å². The van der Waals surface area contributed by atoms with E-state index >= 15 is 0 Å². The van der Waals surface area contributed by atoms with Crippen molar-refractivity contribution in [3.63, 3.8) is 0 Å². The molecule has 28 heavy (non-hydrogen) atoms. The van der Waals surface area contributed by atoms with Crippen molar-refractivity contribution < 1.29 is 4.79 Å². The minimum atomic E-state index is -0.0922. The highest BCUT2D eigenvalue weighted by molar-refractivity contribution is 5.93. The fourth-order valence-corrected chi connectivity index (χ4v) is 4.30. The van der Waals surface area contributed by atoms with Crippen LogP contribution in [0.1, 0.15) is 35.6 Å². The third kappa shape index (κ3) is 3.17. The summed E-state index contributed by atoms with van der Waals surface area (Å²) in [4.78, 5) is 26.9. The maximum Gasteiger partial charge on any atom is 0.322 e. The molecule has 3 aromatic rings. The molecule has 1 unspecified atom stereocenters. The van der Waals surface area contributed by atoms with Crippen LogP contribution in [0.5, 0.6) is 0 Å². The second-order valence-corrected chi connectivity index (χ2v) is 7.59. The van der Waals surface area contributed by atoms with Crippen molar-refractivity contribution in [1.82, 2.24) is 9.47 Å². The van der Waals surface area contributed by atoms with E-state index in [1.807, 2.05) is 23.1 Å². The number of likely N-dealkylation sites (tertiary alicyclic amines) is 1. The topological polar surface area (TPSA) is 54.3 Å². The fourth-order valence-electron chi connectivity index (χ4n) is 4.30. The molecule has 5 nitrogen and oxygen atoms in total. The van der Waals surface area contributed by atoms with Gasteiger partial charge in [0.25, 0.3) is 5.56 Å². The summed E-state index contributed by atoms with van der Waals surface area (Å²) in [5.41, 5.74) is 5.15. The summed E-state index contributed by atoms with van der Waals surface area (Å²) in [6, 6.07) is 15.3. The average Bonchev–Trinajstić information content (AvgIpc) is 3.14. The Kier molecular flexibility index (Phi) is 4.67. The summed E-state index contributed by atoms with van der Waals surface area (Å²) >= 11 is 0. The number of nitrogens with zero attached hydrogens (tertiary/aromatic N) is 2. The molecule has 144 valence electrons. The van der Waals surface area contributed by atoms with E-state index in [4.69, 9.17) is 0 Å². The van der Waals surface area contributed by atoms with Gasteiger partial charge in [0, 0.05) is 25.3 Å². The van der Waals surface area contributed by atoms with Gasteiger partial charge in [-0.15, -0.1) is 0 Å². The second kappa shape index (κ2) is 7.15. The summed E-state index contributed by atoms with van der Waals surface area (Å²) in [7, 11) is 1.74. The van der Waals surface area contributed by atoms with Gasteiger partial charge in [-0.1, -0.05) is 24.3 Å². The van der Waals surface area contributed by atoms with Crippen molar-refractivity contribution in [1.29, 1.82) is 0 Å². The fraction of sp³-hybridized carbons (Fsp3) is 0.304. The molecule has 1 fully saturated rings. The first-order chi connectivity index (χ1) is 13.5. The predicted molar refractivity (Wildman–Crippen MR) is 113 cm³/mol. The number of anilines is 1. The van der Waals surface area contributed by atoms with E-state index in [1.54, 1.807) is 23.7 Å². The first-order valence-electron chi connectivity index (χ1n) is 9.69. The molecule has 2 amide bonds. The van der Waals surface area contributed by atoms with E-state index in [0.717, 1.165) is 30.3 Å². The molecular weight excluding hydrogens is 350 g/mol. The van der Waals surface area contributed by atoms with Gasteiger partial charge in [0.05, 0.1) is 11.6 Å². The van der Waals surface area contributed by atoms with Crippen LogP contribution in [-0.4, -0.2) is 22.0 Å². The van der Waals surface area contributed by atoms with Crippen LogP contribution in [0.25, 0.3) is 10.9 Å². The molecule has 0 bridgehead atoms. The highest BCUT2D eigenvalue weighted by Crippen LogP contribution is 2.36. The zero-order valence-electron chi connectivity index (χ0n) is 16.5. The molecule has 0 saturated carbocycles. The van der Waals surface area contributed by atoms with Crippen LogP contribution in [0.4, 0.5) is 10.5 Å². The number of hydrogen-bond donors (Lipinski definition) is 1. The van der Waals surface area contributed by atoms with Gasteiger partial charge >= 0.3 is 6.03 Å². The second-order valence-electron chi connectivity index (χ2n) is 7.59. The Bertz CT molecular complexity index is 1100. The number of carbonyl (C=O) groups excluding carboxylic acids is 1. The Morgan fingerprint density at radius 3 is 2.54 bits per heavy atom. The molecule has 4 rings (SSSR count). The minimum absolute atomic E-state index is 0.0642. The number of nitrogens with one attached hydrogen (secondary N) is 1. The molecular formula is C23H25N3O2. The number of amides is 2. The highest BCUT2D eigenvalue weighted by Gasteiger charge is 2.31. The van der Waals surface area contributed by atoms with E-state index in [-0.39, 0.29) is 17.6 Å². The first-order valence-corrected chi connectivity index (χ1v) is 9.69. The Balaban J connectivity index is 1.62. The monoisotopic (exact) mass is 375 g/mol. The van der Waals surface area contributed by atoms with Gasteiger partial charge < -0.3 is 14.8 Å². The number of rotatable bonds is 2. The van der Waals surface area contributed by atoms with E-state index in [0.29, 0.717) is 5.69 Å². The van der Waals surface area contributed by atoms with Crippen LogP contribution in [0.2, 0.25) is 0 Å². The number of benzene rings is 2. The average molecular weight is 375 g/mol. The molecule has 1 aliphatic rings. The molecule has 1 atom stereocenters. The third-order valence-electron chi connectivity index (χ3n) is 5.77. The third-order valence-corrected chi connectivity index (χ3v) is 5.77. The summed E-state index contributed by atoms with van der Waals surface area (Å²) in [6.45, 7) is 4.97. The number of aromatic nitrogens is 1. The first kappa shape index (κ1) is 18.3. The van der Waals surface area contributed by atoms with Gasteiger partial charge in [0.2, 0.25) is 0 Å². The molecule has 1 saturated heterocycles. The quantitative estimate of drug-likeness (QED) is 0.716. The number of carbonyl (C=O) groups is 1. The standard InChI is InChI=1S/C23H25N3O2/c1-15-6-4-7-16(2)22(15)19-8-5-13-26(19)23(28)24-18-11-9-17-10-12-21(27)25(3)20(17)14-18/h4,6-7,9-12,14,19H,5,8,13H2,1-3H3,(H,24,28). The Morgan fingerprint density at radius 2 is 1.79 bits per heavy atom. The molecule has 1 aromatic heterocycles. The number of aryl methyl sites for hydroxylation is 3. The lowest BCUT2D eigenvalue weighted by Gasteiger charge is -2.28. The van der Waals surface area contributed by atoms with Crippen LogP contribution in [0, 0.1) is 13.8 Å². The van der Waals surface area contributed by atoms with Crippen molar-refractivity contribution in [2.75, 3.05) is 11.9 Å². The highest BCUT2D eigenvalue weighted by atomic mass is 16.2. The zero-order chi connectivity index (χ0) is 19.8. The van der Waals surface area contributed by atoms with Crippen molar-refractivity contribution in [3.05, 3.63) is 75.6 Å². The lowest BCUT2D eigenvalue weighted by molar-refractivity contribution is 0.207. The Morgan fingerprint density at radius 1 is 1.07 bits per heavy atom. The van der Waals surface area contributed by atoms with Crippen LogP contribution in [0.15, 0.2) is 53.3 Å². The molecule has 1 aliphatic heterocycles. The molecule has 0 spiro atoms. The smallest absolute Gasteiger partial charge is 0.317 e. The van der Waals surface area contributed by atoms with Crippen LogP contribution >= 0.6 is 0 Å². The molecule has 5 heteroatoms. The van der Waals surface area contributed by atoms with E-state index in [1.165, 1.54) is 16.7 Å². The Labute approximate surface area is 164 Å². The van der Waals surface area contributed by atoms with E-state index in [9.17, 15) is 9.59 Å². The van der Waals surface area contributed by atoms with Crippen molar-refractivity contribution in [2.45, 2.75) is 32.7 Å². The summed E-state index contributed by atoms with van der Waals surface area (Å²) in [6.07, 6.45) is 1.98. The zero-order valence-corrected chi connectivity index (χ0v) is 16.5. The molecule has 1 N–H and O–H groups in total. The van der Waals surface area contributed by atoms with E-state index < -0.39 is 0 Å². The summed E-state index contributed by atoms with van der Waals surface area (Å²) in [5.74, 6) is 0. The maximum absolute atomic E-state index is 13.1. The van der Waals surface area contributed by atoms with Gasteiger partial charge in [0.1, 0.15) is 0 Å². The minimum Gasteiger partial charge on any atom is -0.317 e. The number of hydrogen-bond acceptors (Lipinski definition) is 2. The van der Waals surface area contributed by atoms with Gasteiger partial charge in [-0.3, -0.25) is 4.79 Å². The normalized spacial score (nSPS) is 16.5. The summed E-state index contributed by atoms with van der Waals surface area (Å²) in [5, 5.41) is 4.00. The molecule has 0 radical (unpaired) electrons.